The molecule has 1 aliphatic rings. The lowest BCUT2D eigenvalue weighted by atomic mass is 9.86. The molecular weight excluding hydrogens is 410 g/mol. The van der Waals surface area contributed by atoms with Crippen LogP contribution >= 0.6 is 11.8 Å². The molecule has 2 aromatic rings. The van der Waals surface area contributed by atoms with E-state index in [0.717, 1.165) is 6.42 Å². The molecule has 1 heterocycles. The minimum atomic E-state index is -0.281. The van der Waals surface area contributed by atoms with Crippen molar-refractivity contribution >= 4 is 23.6 Å². The van der Waals surface area contributed by atoms with Crippen LogP contribution in [0.2, 0.25) is 0 Å². The number of rotatable bonds is 8. The Kier molecular flexibility index (Phi) is 8.12. The summed E-state index contributed by atoms with van der Waals surface area (Å²) in [7, 11) is 1.88. The summed E-state index contributed by atoms with van der Waals surface area (Å²) in [6, 6.07) is 9.14. The predicted molar refractivity (Wildman–Crippen MR) is 123 cm³/mol. The zero-order valence-electron chi connectivity index (χ0n) is 18.8. The fourth-order valence-electron chi connectivity index (χ4n) is 3.98. The second-order valence-electron chi connectivity index (χ2n) is 8.69. The van der Waals surface area contributed by atoms with Gasteiger partial charge in [0.15, 0.2) is 11.0 Å². The Morgan fingerprint density at radius 1 is 1.16 bits per heavy atom. The molecule has 31 heavy (non-hydrogen) atoms. The van der Waals surface area contributed by atoms with Gasteiger partial charge >= 0.3 is 0 Å². The number of amides is 2. The number of carbonyl (C=O) groups excluding carboxylic acids is 2. The molecule has 2 N–H and O–H groups in total. The molecule has 1 aliphatic carbocycles. The third kappa shape index (κ3) is 6.09. The topological polar surface area (TPSA) is 88.9 Å². The molecule has 1 saturated carbocycles. The van der Waals surface area contributed by atoms with Crippen LogP contribution in [0.4, 0.5) is 0 Å². The van der Waals surface area contributed by atoms with Gasteiger partial charge in [0, 0.05) is 18.7 Å². The highest BCUT2D eigenvalue weighted by molar-refractivity contribution is 7.99. The van der Waals surface area contributed by atoms with Crippen molar-refractivity contribution in [2.75, 3.05) is 5.75 Å². The molecule has 0 aliphatic heterocycles. The molecule has 3 rings (SSSR count). The van der Waals surface area contributed by atoms with Crippen molar-refractivity contribution in [1.82, 2.24) is 25.4 Å². The van der Waals surface area contributed by atoms with Crippen molar-refractivity contribution in [2.24, 2.45) is 18.9 Å². The Bertz CT molecular complexity index is 883. The van der Waals surface area contributed by atoms with E-state index in [4.69, 9.17) is 0 Å². The van der Waals surface area contributed by atoms with E-state index in [0.29, 0.717) is 28.2 Å². The van der Waals surface area contributed by atoms with Crippen LogP contribution in [0.3, 0.4) is 0 Å². The molecular formula is C23H33N5O2S. The summed E-state index contributed by atoms with van der Waals surface area (Å²) in [6.45, 7) is 6.29. The first-order valence-corrected chi connectivity index (χ1v) is 12.0. The Labute approximate surface area is 188 Å². The average Bonchev–Trinajstić information content (AvgIpc) is 3.12. The summed E-state index contributed by atoms with van der Waals surface area (Å²) in [6.07, 6.45) is 4.67. The predicted octanol–water partition coefficient (Wildman–Crippen LogP) is 3.73. The normalized spacial score (nSPS) is 19.8. The highest BCUT2D eigenvalue weighted by Gasteiger charge is 2.26. The molecule has 0 bridgehead atoms. The van der Waals surface area contributed by atoms with Crippen molar-refractivity contribution in [3.63, 3.8) is 0 Å². The Balaban J connectivity index is 1.61. The third-order valence-corrected chi connectivity index (χ3v) is 6.95. The molecule has 8 heteroatoms. The van der Waals surface area contributed by atoms with Crippen molar-refractivity contribution in [3.8, 4) is 0 Å². The quantitative estimate of drug-likeness (QED) is 0.607. The zero-order valence-corrected chi connectivity index (χ0v) is 19.6. The minimum absolute atomic E-state index is 0.0334. The van der Waals surface area contributed by atoms with Gasteiger partial charge in [-0.05, 0) is 36.8 Å². The first kappa shape index (κ1) is 23.3. The van der Waals surface area contributed by atoms with E-state index in [1.807, 2.05) is 43.7 Å². The van der Waals surface area contributed by atoms with E-state index in [9.17, 15) is 9.59 Å². The van der Waals surface area contributed by atoms with E-state index in [-0.39, 0.29) is 29.8 Å². The van der Waals surface area contributed by atoms with Gasteiger partial charge in [-0.2, -0.15) is 0 Å². The summed E-state index contributed by atoms with van der Waals surface area (Å²) in [5, 5.41) is 15.5. The van der Waals surface area contributed by atoms with Gasteiger partial charge in [-0.15, -0.1) is 10.2 Å². The molecule has 168 valence electrons. The number of nitrogens with one attached hydrogen (secondary N) is 2. The highest BCUT2D eigenvalue weighted by atomic mass is 32.2. The average molecular weight is 444 g/mol. The van der Waals surface area contributed by atoms with Crippen LogP contribution in [0.15, 0.2) is 35.5 Å². The van der Waals surface area contributed by atoms with Crippen LogP contribution in [-0.2, 0) is 11.8 Å². The maximum atomic E-state index is 12.7. The van der Waals surface area contributed by atoms with Gasteiger partial charge in [0.2, 0.25) is 5.91 Å². The fraction of sp³-hybridized carbons (Fsp3) is 0.565. The van der Waals surface area contributed by atoms with Crippen molar-refractivity contribution in [3.05, 3.63) is 41.7 Å². The van der Waals surface area contributed by atoms with Gasteiger partial charge in [0.1, 0.15) is 0 Å². The van der Waals surface area contributed by atoms with Crippen LogP contribution < -0.4 is 10.6 Å². The van der Waals surface area contributed by atoms with Crippen LogP contribution in [0.1, 0.15) is 68.7 Å². The van der Waals surface area contributed by atoms with Crippen molar-refractivity contribution in [1.29, 1.82) is 0 Å². The molecule has 1 aromatic carbocycles. The van der Waals surface area contributed by atoms with Crippen LogP contribution in [0.25, 0.3) is 0 Å². The number of aromatic nitrogens is 3. The number of nitrogens with zero attached hydrogens (tertiary/aromatic N) is 3. The summed E-state index contributed by atoms with van der Waals surface area (Å²) in [4.78, 5) is 25.1. The van der Waals surface area contributed by atoms with E-state index in [2.05, 4.69) is 27.8 Å². The second kappa shape index (κ2) is 10.8. The standard InChI is InChI=1S/C23H33N5O2S/c1-15(2)20(25-22(30)17-11-6-5-7-12-17)21-26-27-23(28(21)4)31-14-19(29)24-18-13-9-8-10-16(18)3/h5-7,11-12,15-16,18,20H,8-10,13-14H2,1-4H3,(H,24,29)(H,25,30)/t16-,18-,20-/m0/s1. The lowest BCUT2D eigenvalue weighted by Gasteiger charge is -2.29. The second-order valence-corrected chi connectivity index (χ2v) is 9.63. The van der Waals surface area contributed by atoms with Gasteiger partial charge < -0.3 is 15.2 Å². The molecule has 1 aromatic heterocycles. The van der Waals surface area contributed by atoms with E-state index < -0.39 is 0 Å². The highest BCUT2D eigenvalue weighted by Crippen LogP contribution is 2.26. The number of thioether (sulfide) groups is 1. The van der Waals surface area contributed by atoms with Gasteiger partial charge in [0.25, 0.3) is 5.91 Å². The molecule has 3 atom stereocenters. The minimum Gasteiger partial charge on any atom is -0.352 e. The maximum Gasteiger partial charge on any atom is 0.251 e. The monoisotopic (exact) mass is 443 g/mol. The fourth-order valence-corrected chi connectivity index (χ4v) is 4.70. The molecule has 0 spiro atoms. The molecule has 0 saturated heterocycles. The van der Waals surface area contributed by atoms with E-state index in [1.165, 1.54) is 31.0 Å². The third-order valence-electron chi connectivity index (χ3n) is 5.93. The molecule has 1 fully saturated rings. The molecule has 0 unspecified atom stereocenters. The smallest absolute Gasteiger partial charge is 0.251 e. The van der Waals surface area contributed by atoms with Crippen LogP contribution in [0, 0.1) is 11.8 Å². The van der Waals surface area contributed by atoms with Crippen molar-refractivity contribution < 1.29 is 9.59 Å². The van der Waals surface area contributed by atoms with E-state index >= 15 is 0 Å². The van der Waals surface area contributed by atoms with Crippen LogP contribution in [0.5, 0.6) is 0 Å². The summed E-state index contributed by atoms with van der Waals surface area (Å²) >= 11 is 1.37. The lowest BCUT2D eigenvalue weighted by molar-refractivity contribution is -0.119. The summed E-state index contributed by atoms with van der Waals surface area (Å²) < 4.78 is 1.87. The van der Waals surface area contributed by atoms with Gasteiger partial charge in [-0.3, -0.25) is 9.59 Å². The maximum absolute atomic E-state index is 12.7. The lowest BCUT2D eigenvalue weighted by Crippen LogP contribution is -2.41. The summed E-state index contributed by atoms with van der Waals surface area (Å²) in [5.74, 6) is 1.54. The largest absolute Gasteiger partial charge is 0.352 e. The Morgan fingerprint density at radius 2 is 1.87 bits per heavy atom. The molecule has 7 nitrogen and oxygen atoms in total. The van der Waals surface area contributed by atoms with Gasteiger partial charge in [-0.1, -0.05) is 63.6 Å². The first-order valence-electron chi connectivity index (χ1n) is 11.0. The number of hydrogen-bond donors (Lipinski definition) is 2. The summed E-state index contributed by atoms with van der Waals surface area (Å²) in [5.41, 5.74) is 0.610. The van der Waals surface area contributed by atoms with Crippen molar-refractivity contribution in [2.45, 2.75) is 63.7 Å². The number of carbonyl (C=O) groups is 2. The number of hydrogen-bond acceptors (Lipinski definition) is 5. The van der Waals surface area contributed by atoms with Gasteiger partial charge in [0.05, 0.1) is 11.8 Å². The Hall–Kier alpha value is -2.35. The number of benzene rings is 1. The SMILES string of the molecule is CC(C)[C@H](NC(=O)c1ccccc1)c1nnc(SCC(=O)N[C@H]2CCCC[C@@H]2C)n1C. The zero-order chi connectivity index (χ0) is 22.4. The van der Waals surface area contributed by atoms with Gasteiger partial charge in [-0.25, -0.2) is 0 Å². The van der Waals surface area contributed by atoms with Crippen LogP contribution in [-0.4, -0.2) is 38.4 Å². The first-order chi connectivity index (χ1) is 14.9. The molecule has 2 amide bonds. The van der Waals surface area contributed by atoms with E-state index in [1.54, 1.807) is 12.1 Å². The Morgan fingerprint density at radius 3 is 2.55 bits per heavy atom. The molecule has 0 radical (unpaired) electrons.